The van der Waals surface area contributed by atoms with Crippen LogP contribution in [0.15, 0.2) is 24.3 Å². The lowest BCUT2D eigenvalue weighted by molar-refractivity contribution is 0.0941. The third-order valence-electron chi connectivity index (χ3n) is 6.91. The maximum atomic E-state index is 12.9. The molecule has 1 amide bonds. The highest BCUT2D eigenvalue weighted by Crippen LogP contribution is 2.29. The fraction of sp³-hybridized carbons (Fsp3) is 0.600. The van der Waals surface area contributed by atoms with Crippen LogP contribution in [0.3, 0.4) is 0 Å². The van der Waals surface area contributed by atoms with Crippen molar-refractivity contribution in [2.45, 2.75) is 77.5 Å². The monoisotopic (exact) mass is 423 g/mol. The second-order valence-corrected chi connectivity index (χ2v) is 9.61. The number of nitrogens with zero attached hydrogens (tertiary/aromatic N) is 2. The van der Waals surface area contributed by atoms with Crippen molar-refractivity contribution in [3.8, 4) is 0 Å². The number of benzene rings is 1. The number of hydrogen-bond donors (Lipinski definition) is 3. The molecule has 0 bridgehead atoms. The van der Waals surface area contributed by atoms with Crippen molar-refractivity contribution in [1.82, 2.24) is 15.6 Å². The maximum Gasteiger partial charge on any atom is 0.256 e. The average molecular weight is 424 g/mol. The van der Waals surface area contributed by atoms with Gasteiger partial charge in [0.15, 0.2) is 0 Å². The van der Waals surface area contributed by atoms with Crippen LogP contribution in [0.25, 0.3) is 10.9 Å². The number of amides is 1. The average Bonchev–Trinajstić information content (AvgIpc) is 2.74. The predicted octanol–water partition coefficient (Wildman–Crippen LogP) is 3.71. The van der Waals surface area contributed by atoms with E-state index in [4.69, 9.17) is 10.7 Å². The van der Waals surface area contributed by atoms with E-state index in [2.05, 4.69) is 41.5 Å². The van der Waals surface area contributed by atoms with E-state index < -0.39 is 6.17 Å². The first-order valence-corrected chi connectivity index (χ1v) is 11.9. The number of nitrogens with two attached hydrogens (primary N) is 1. The summed E-state index contributed by atoms with van der Waals surface area (Å²) in [7, 11) is 0. The van der Waals surface area contributed by atoms with E-state index in [-0.39, 0.29) is 5.91 Å². The van der Waals surface area contributed by atoms with Crippen LogP contribution in [0.4, 0.5) is 5.82 Å². The molecule has 1 aliphatic carbocycles. The highest BCUT2D eigenvalue weighted by atomic mass is 16.1. The van der Waals surface area contributed by atoms with Gasteiger partial charge in [-0.15, -0.1) is 0 Å². The Bertz CT molecular complexity index is 920. The Morgan fingerprint density at radius 1 is 1.16 bits per heavy atom. The molecule has 2 aromatic rings. The Kier molecular flexibility index (Phi) is 6.77. The quantitative estimate of drug-likeness (QED) is 0.639. The molecule has 1 aromatic carbocycles. The number of aryl methyl sites for hydroxylation is 1. The number of hydrogen-bond acceptors (Lipinski definition) is 5. The summed E-state index contributed by atoms with van der Waals surface area (Å²) in [4.78, 5) is 20.1. The number of carbonyl (C=O) groups is 1. The van der Waals surface area contributed by atoms with Crippen LogP contribution < -0.4 is 21.3 Å². The normalized spacial score (nSPS) is 23.7. The zero-order chi connectivity index (χ0) is 22.0. The summed E-state index contributed by atoms with van der Waals surface area (Å²) in [5, 5.41) is 7.77. The Hall–Kier alpha value is -2.18. The molecule has 3 unspecified atom stereocenters. The predicted molar refractivity (Wildman–Crippen MR) is 127 cm³/mol. The highest BCUT2D eigenvalue weighted by molar-refractivity contribution is 6.02. The van der Waals surface area contributed by atoms with Gasteiger partial charge in [0, 0.05) is 30.6 Å². The van der Waals surface area contributed by atoms with Crippen molar-refractivity contribution < 1.29 is 4.79 Å². The number of aromatic nitrogens is 1. The van der Waals surface area contributed by atoms with Crippen molar-refractivity contribution in [1.29, 1.82) is 0 Å². The summed E-state index contributed by atoms with van der Waals surface area (Å²) >= 11 is 0. The van der Waals surface area contributed by atoms with E-state index in [0.29, 0.717) is 17.6 Å². The first-order valence-electron chi connectivity index (χ1n) is 11.9. The van der Waals surface area contributed by atoms with Gasteiger partial charge in [0.2, 0.25) is 0 Å². The lowest BCUT2D eigenvalue weighted by atomic mass is 9.85. The summed E-state index contributed by atoms with van der Waals surface area (Å²) in [5.41, 5.74) is 8.54. The number of pyridine rings is 1. The number of carbonyl (C=O) groups excluding carboxylic acids is 1. The summed E-state index contributed by atoms with van der Waals surface area (Å²) in [6.07, 6.45) is 7.11. The van der Waals surface area contributed by atoms with Crippen LogP contribution in [-0.2, 0) is 0 Å². The van der Waals surface area contributed by atoms with E-state index in [1.165, 1.54) is 25.7 Å². The van der Waals surface area contributed by atoms with Crippen LogP contribution >= 0.6 is 0 Å². The van der Waals surface area contributed by atoms with Crippen molar-refractivity contribution in [2.24, 2.45) is 11.7 Å². The Balaban J connectivity index is 1.53. The fourth-order valence-corrected chi connectivity index (χ4v) is 5.10. The molecule has 1 aliphatic heterocycles. The van der Waals surface area contributed by atoms with Crippen LogP contribution in [0.5, 0.6) is 0 Å². The molecule has 168 valence electrons. The van der Waals surface area contributed by atoms with Gasteiger partial charge in [0.05, 0.1) is 17.2 Å². The molecular weight excluding hydrogens is 386 g/mol. The number of piperidine rings is 1. The first kappa shape index (κ1) is 22.0. The largest absolute Gasteiger partial charge is 0.356 e. The van der Waals surface area contributed by atoms with Gasteiger partial charge in [-0.25, -0.2) is 4.98 Å². The number of fused-ring (bicyclic) bond motifs is 1. The van der Waals surface area contributed by atoms with Crippen molar-refractivity contribution in [3.05, 3.63) is 35.4 Å². The molecule has 1 saturated carbocycles. The van der Waals surface area contributed by atoms with Crippen molar-refractivity contribution >= 4 is 22.6 Å². The molecule has 1 saturated heterocycles. The minimum absolute atomic E-state index is 0.155. The Morgan fingerprint density at radius 3 is 2.61 bits per heavy atom. The molecule has 0 spiro atoms. The lowest BCUT2D eigenvalue weighted by Gasteiger charge is -2.38. The second-order valence-electron chi connectivity index (χ2n) is 9.61. The fourth-order valence-electron chi connectivity index (χ4n) is 5.10. The molecule has 31 heavy (non-hydrogen) atoms. The second kappa shape index (κ2) is 9.53. The molecule has 6 nitrogen and oxygen atoms in total. The molecule has 4 rings (SSSR count). The molecule has 4 N–H and O–H groups in total. The smallest absolute Gasteiger partial charge is 0.256 e. The topological polar surface area (TPSA) is 83.3 Å². The van der Waals surface area contributed by atoms with E-state index in [9.17, 15) is 4.79 Å². The maximum absolute atomic E-state index is 12.9. The summed E-state index contributed by atoms with van der Waals surface area (Å²) in [5.74, 6) is 1.39. The summed E-state index contributed by atoms with van der Waals surface area (Å²) in [6, 6.07) is 9.36. The van der Waals surface area contributed by atoms with Crippen LogP contribution in [0, 0.1) is 12.8 Å². The molecule has 2 heterocycles. The lowest BCUT2D eigenvalue weighted by Crippen LogP contribution is -2.49. The van der Waals surface area contributed by atoms with Gasteiger partial charge in [0.25, 0.3) is 5.91 Å². The minimum Gasteiger partial charge on any atom is -0.356 e. The summed E-state index contributed by atoms with van der Waals surface area (Å²) < 4.78 is 0. The van der Waals surface area contributed by atoms with Gasteiger partial charge in [-0.1, -0.05) is 31.4 Å². The van der Waals surface area contributed by atoms with Gasteiger partial charge in [-0.2, -0.15) is 0 Å². The zero-order valence-electron chi connectivity index (χ0n) is 19.2. The van der Waals surface area contributed by atoms with Gasteiger partial charge >= 0.3 is 0 Å². The van der Waals surface area contributed by atoms with E-state index in [1.807, 2.05) is 12.1 Å². The van der Waals surface area contributed by atoms with Crippen molar-refractivity contribution in [2.75, 3.05) is 18.0 Å². The van der Waals surface area contributed by atoms with Crippen LogP contribution in [0.1, 0.15) is 68.3 Å². The summed E-state index contributed by atoms with van der Waals surface area (Å²) in [6.45, 7) is 8.03. The highest BCUT2D eigenvalue weighted by Gasteiger charge is 2.28. The molecule has 1 aromatic heterocycles. The van der Waals surface area contributed by atoms with E-state index in [1.54, 1.807) is 6.92 Å². The van der Waals surface area contributed by atoms with Gasteiger partial charge < -0.3 is 21.3 Å². The molecule has 2 fully saturated rings. The Labute approximate surface area is 186 Å². The Morgan fingerprint density at radius 2 is 1.90 bits per heavy atom. The van der Waals surface area contributed by atoms with E-state index in [0.717, 1.165) is 54.1 Å². The molecule has 2 aliphatic rings. The molecule has 3 atom stereocenters. The van der Waals surface area contributed by atoms with Gasteiger partial charge in [0.1, 0.15) is 5.82 Å². The zero-order valence-corrected chi connectivity index (χ0v) is 19.2. The van der Waals surface area contributed by atoms with Crippen LogP contribution in [-0.4, -0.2) is 42.2 Å². The standard InChI is InChI=1S/C25H37N5O/c1-16-8-9-23-19(14-16)15-21(25(31)27-18(3)26)24(29-23)30-12-10-20(11-13-30)28-22-7-5-4-6-17(22)2/h8-9,14-15,17-18,20,22,28H,4-7,10-13,26H2,1-3H3,(H,27,31). The van der Waals surface area contributed by atoms with Gasteiger partial charge in [-0.05, 0) is 63.6 Å². The SMILES string of the molecule is Cc1ccc2nc(N3CCC(NC4CCCCC4C)CC3)c(C(=O)NC(C)N)cc2c1. The van der Waals surface area contributed by atoms with Crippen molar-refractivity contribution in [3.63, 3.8) is 0 Å². The molecular formula is C25H37N5O. The van der Waals surface area contributed by atoms with Crippen LogP contribution in [0.2, 0.25) is 0 Å². The molecule has 0 radical (unpaired) electrons. The van der Waals surface area contributed by atoms with Gasteiger partial charge in [-0.3, -0.25) is 4.79 Å². The van der Waals surface area contributed by atoms with E-state index >= 15 is 0 Å². The molecule has 6 heteroatoms. The third-order valence-corrected chi connectivity index (χ3v) is 6.91. The minimum atomic E-state index is -0.402. The number of rotatable bonds is 5. The third kappa shape index (κ3) is 5.18. The first-order chi connectivity index (χ1) is 14.9. The number of anilines is 1. The number of nitrogens with one attached hydrogen (secondary N) is 2.